The van der Waals surface area contributed by atoms with Crippen LogP contribution >= 0.6 is 23.2 Å². The van der Waals surface area contributed by atoms with Crippen molar-refractivity contribution in [2.75, 3.05) is 32.8 Å². The molecule has 0 spiro atoms. The van der Waals surface area contributed by atoms with Gasteiger partial charge in [0.05, 0.1) is 14.9 Å². The maximum absolute atomic E-state index is 13.0. The van der Waals surface area contributed by atoms with E-state index in [2.05, 4.69) is 0 Å². The van der Waals surface area contributed by atoms with Gasteiger partial charge in [0.2, 0.25) is 10.0 Å². The number of benzene rings is 2. The van der Waals surface area contributed by atoms with Crippen molar-refractivity contribution in [3.05, 3.63) is 58.3 Å². The van der Waals surface area contributed by atoms with Crippen LogP contribution in [0.5, 0.6) is 5.75 Å². The minimum atomic E-state index is -3.72. The summed E-state index contributed by atoms with van der Waals surface area (Å²) in [7, 11) is -3.72. The maximum atomic E-state index is 13.0. The summed E-state index contributed by atoms with van der Waals surface area (Å²) >= 11 is 11.7. The first kappa shape index (κ1) is 20.9. The van der Waals surface area contributed by atoms with E-state index in [0.29, 0.717) is 15.8 Å². The molecule has 150 valence electrons. The molecule has 0 unspecified atom stereocenters. The van der Waals surface area contributed by atoms with Gasteiger partial charge < -0.3 is 9.64 Å². The van der Waals surface area contributed by atoms with E-state index in [4.69, 9.17) is 27.9 Å². The molecule has 0 bridgehead atoms. The molecule has 2 aromatic carbocycles. The lowest BCUT2D eigenvalue weighted by molar-refractivity contribution is -0.134. The number of amides is 1. The Balaban J connectivity index is 1.55. The van der Waals surface area contributed by atoms with Gasteiger partial charge in [-0.2, -0.15) is 4.31 Å². The molecule has 0 N–H and O–H groups in total. The Morgan fingerprint density at radius 1 is 1.00 bits per heavy atom. The van der Waals surface area contributed by atoms with E-state index >= 15 is 0 Å². The second-order valence-corrected chi connectivity index (χ2v) is 8.86. The van der Waals surface area contributed by atoms with Crippen LogP contribution in [0.1, 0.15) is 0 Å². The fourth-order valence-electron chi connectivity index (χ4n) is 2.74. The van der Waals surface area contributed by atoms with Gasteiger partial charge in [0.15, 0.2) is 6.61 Å². The first-order chi connectivity index (χ1) is 13.3. The molecule has 0 aromatic heterocycles. The number of carbonyl (C=O) groups excluding carboxylic acids is 1. The van der Waals surface area contributed by atoms with E-state index in [9.17, 15) is 17.6 Å². The molecule has 28 heavy (non-hydrogen) atoms. The van der Waals surface area contributed by atoms with Crippen molar-refractivity contribution < 1.29 is 22.3 Å². The van der Waals surface area contributed by atoms with Crippen molar-refractivity contribution in [3.8, 4) is 5.75 Å². The van der Waals surface area contributed by atoms with Gasteiger partial charge in [-0.3, -0.25) is 4.79 Å². The number of ether oxygens (including phenoxy) is 1. The fourth-order valence-corrected chi connectivity index (χ4v) is 4.45. The van der Waals surface area contributed by atoms with E-state index in [0.717, 1.165) is 12.1 Å². The van der Waals surface area contributed by atoms with Crippen LogP contribution in [0.3, 0.4) is 0 Å². The molecule has 2 aromatic rings. The second kappa shape index (κ2) is 8.65. The Bertz CT molecular complexity index is 962. The molecule has 0 aliphatic carbocycles. The fraction of sp³-hybridized carbons (Fsp3) is 0.278. The van der Waals surface area contributed by atoms with Gasteiger partial charge in [-0.25, -0.2) is 12.8 Å². The molecule has 10 heteroatoms. The summed E-state index contributed by atoms with van der Waals surface area (Å²) in [5.41, 5.74) is 0. The summed E-state index contributed by atoms with van der Waals surface area (Å²) in [6.07, 6.45) is 0. The number of hydrogen-bond donors (Lipinski definition) is 0. The van der Waals surface area contributed by atoms with Crippen molar-refractivity contribution in [2.24, 2.45) is 0 Å². The van der Waals surface area contributed by atoms with Crippen molar-refractivity contribution in [1.29, 1.82) is 0 Å². The van der Waals surface area contributed by atoms with E-state index in [1.807, 2.05) is 0 Å². The van der Waals surface area contributed by atoms with Crippen LogP contribution in [-0.2, 0) is 14.8 Å². The highest BCUT2D eigenvalue weighted by Gasteiger charge is 2.30. The standard InChI is InChI=1S/C18H17Cl2FN2O4S/c19-16-6-3-14(11-17(16)20)27-12-18(24)22-7-9-23(10-8-22)28(25,26)15-4-1-13(21)2-5-15/h1-6,11H,7-10,12H2. The average molecular weight is 447 g/mol. The number of rotatable bonds is 5. The summed E-state index contributed by atoms with van der Waals surface area (Å²) < 4.78 is 44.9. The SMILES string of the molecule is O=C(COc1ccc(Cl)c(Cl)c1)N1CCN(S(=O)(=O)c2ccc(F)cc2)CC1. The first-order valence-electron chi connectivity index (χ1n) is 8.39. The number of carbonyl (C=O) groups is 1. The Kier molecular flexibility index (Phi) is 6.44. The Hall–Kier alpha value is -1.87. The maximum Gasteiger partial charge on any atom is 0.260 e. The third kappa shape index (κ3) is 4.75. The van der Waals surface area contributed by atoms with Gasteiger partial charge in [-0.1, -0.05) is 23.2 Å². The van der Waals surface area contributed by atoms with E-state index in [1.54, 1.807) is 12.1 Å². The highest BCUT2D eigenvalue weighted by Crippen LogP contribution is 2.26. The molecule has 0 radical (unpaired) electrons. The summed E-state index contributed by atoms with van der Waals surface area (Å²) in [4.78, 5) is 13.9. The lowest BCUT2D eigenvalue weighted by atomic mass is 10.3. The van der Waals surface area contributed by atoms with Crippen molar-refractivity contribution in [1.82, 2.24) is 9.21 Å². The summed E-state index contributed by atoms with van der Waals surface area (Å²) in [5.74, 6) is -0.346. The number of halogens is 3. The first-order valence-corrected chi connectivity index (χ1v) is 10.6. The largest absolute Gasteiger partial charge is 0.484 e. The van der Waals surface area contributed by atoms with Crippen molar-refractivity contribution in [3.63, 3.8) is 0 Å². The molecule has 3 rings (SSSR count). The molecule has 1 heterocycles. The molecule has 6 nitrogen and oxygen atoms in total. The lowest BCUT2D eigenvalue weighted by Crippen LogP contribution is -2.51. The Morgan fingerprint density at radius 2 is 1.64 bits per heavy atom. The van der Waals surface area contributed by atoms with Crippen LogP contribution < -0.4 is 4.74 Å². The van der Waals surface area contributed by atoms with Gasteiger partial charge in [0.1, 0.15) is 11.6 Å². The van der Waals surface area contributed by atoms with Gasteiger partial charge in [0, 0.05) is 32.2 Å². The molecule has 1 fully saturated rings. The zero-order valence-corrected chi connectivity index (χ0v) is 17.0. The van der Waals surface area contributed by atoms with Crippen LogP contribution in [0.2, 0.25) is 10.0 Å². The van der Waals surface area contributed by atoms with E-state index in [-0.39, 0.29) is 43.6 Å². The summed E-state index contributed by atoms with van der Waals surface area (Å²) in [6, 6.07) is 9.36. The smallest absolute Gasteiger partial charge is 0.260 e. The van der Waals surface area contributed by atoms with E-state index in [1.165, 1.54) is 27.4 Å². The zero-order valence-electron chi connectivity index (χ0n) is 14.6. The number of nitrogens with zero attached hydrogens (tertiary/aromatic N) is 2. The van der Waals surface area contributed by atoms with Crippen LogP contribution in [0.25, 0.3) is 0 Å². The highest BCUT2D eigenvalue weighted by molar-refractivity contribution is 7.89. The molecule has 1 aliphatic rings. The van der Waals surface area contributed by atoms with Crippen molar-refractivity contribution in [2.45, 2.75) is 4.90 Å². The Labute approximate surface area is 172 Å². The molecule has 1 saturated heterocycles. The van der Waals surface area contributed by atoms with Crippen molar-refractivity contribution >= 4 is 39.1 Å². The molecular weight excluding hydrogens is 430 g/mol. The third-order valence-corrected chi connectivity index (χ3v) is 6.95. The quantitative estimate of drug-likeness (QED) is 0.707. The van der Waals surface area contributed by atoms with Crippen LogP contribution in [0, 0.1) is 5.82 Å². The number of sulfonamides is 1. The average Bonchev–Trinajstić information content (AvgIpc) is 2.69. The number of piperazine rings is 1. The minimum absolute atomic E-state index is 0.0247. The van der Waals surface area contributed by atoms with Crippen LogP contribution in [-0.4, -0.2) is 56.3 Å². The molecule has 1 amide bonds. The predicted octanol–water partition coefficient (Wildman–Crippen LogP) is 3.04. The zero-order chi connectivity index (χ0) is 20.3. The monoisotopic (exact) mass is 446 g/mol. The van der Waals surface area contributed by atoms with Gasteiger partial charge in [-0.15, -0.1) is 0 Å². The minimum Gasteiger partial charge on any atom is -0.484 e. The highest BCUT2D eigenvalue weighted by atomic mass is 35.5. The predicted molar refractivity (Wildman–Crippen MR) is 104 cm³/mol. The van der Waals surface area contributed by atoms with Crippen LogP contribution in [0.4, 0.5) is 4.39 Å². The van der Waals surface area contributed by atoms with Crippen LogP contribution in [0.15, 0.2) is 47.4 Å². The van der Waals surface area contributed by atoms with Gasteiger partial charge in [0.25, 0.3) is 5.91 Å². The molecule has 0 saturated carbocycles. The summed E-state index contributed by atoms with van der Waals surface area (Å²) in [5, 5.41) is 0.713. The van der Waals surface area contributed by atoms with Gasteiger partial charge >= 0.3 is 0 Å². The molecular formula is C18H17Cl2FN2O4S. The number of hydrogen-bond acceptors (Lipinski definition) is 4. The van der Waals surface area contributed by atoms with Gasteiger partial charge in [-0.05, 0) is 36.4 Å². The molecule has 0 atom stereocenters. The third-order valence-electron chi connectivity index (χ3n) is 4.30. The Morgan fingerprint density at radius 3 is 2.25 bits per heavy atom. The summed E-state index contributed by atoms with van der Waals surface area (Å²) in [6.45, 7) is 0.590. The lowest BCUT2D eigenvalue weighted by Gasteiger charge is -2.34. The normalized spacial score (nSPS) is 15.5. The van der Waals surface area contributed by atoms with E-state index < -0.39 is 15.8 Å². The second-order valence-electron chi connectivity index (χ2n) is 6.10. The molecule has 1 aliphatic heterocycles. The topological polar surface area (TPSA) is 66.9 Å².